The first-order chi connectivity index (χ1) is 13.4. The summed E-state index contributed by atoms with van der Waals surface area (Å²) in [4.78, 5) is 25.4. The smallest absolute Gasteiger partial charge is 0.261 e. The molecule has 0 radical (unpaired) electrons. The molecule has 2 amide bonds. The van der Waals surface area contributed by atoms with Gasteiger partial charge in [0.2, 0.25) is 0 Å². The molecule has 0 spiro atoms. The van der Waals surface area contributed by atoms with Gasteiger partial charge in [-0.1, -0.05) is 6.07 Å². The van der Waals surface area contributed by atoms with Crippen LogP contribution in [0.2, 0.25) is 0 Å². The van der Waals surface area contributed by atoms with Crippen LogP contribution in [0.4, 0.5) is 15.8 Å². The van der Waals surface area contributed by atoms with Crippen molar-refractivity contribution in [2.45, 2.75) is 25.6 Å². The van der Waals surface area contributed by atoms with Gasteiger partial charge in [-0.2, -0.15) is 0 Å². The summed E-state index contributed by atoms with van der Waals surface area (Å²) < 4.78 is 19.7. The number of halogens is 1. The molecule has 7 nitrogen and oxygen atoms in total. The van der Waals surface area contributed by atoms with Gasteiger partial charge in [-0.05, 0) is 42.3 Å². The van der Waals surface area contributed by atoms with Crippen molar-refractivity contribution in [3.05, 3.63) is 58.4 Å². The molecule has 146 valence electrons. The minimum Gasteiger partial charge on any atom is -0.394 e. The first-order valence-corrected chi connectivity index (χ1v) is 8.96. The molecule has 2 aromatic rings. The average molecular weight is 385 g/mol. The van der Waals surface area contributed by atoms with Crippen LogP contribution in [0.1, 0.15) is 34.0 Å². The first kappa shape index (κ1) is 18.5. The number of nitrogens with one attached hydrogen (secondary N) is 3. The van der Waals surface area contributed by atoms with Crippen LogP contribution < -0.4 is 16.0 Å². The predicted octanol–water partition coefficient (Wildman–Crippen LogP) is 1.86. The molecular weight excluding hydrogens is 365 g/mol. The fourth-order valence-electron chi connectivity index (χ4n) is 3.71. The number of amides is 2. The van der Waals surface area contributed by atoms with Crippen molar-refractivity contribution >= 4 is 23.2 Å². The van der Waals surface area contributed by atoms with Crippen LogP contribution in [-0.2, 0) is 28.2 Å². The lowest BCUT2D eigenvalue weighted by Crippen LogP contribution is -2.36. The molecule has 2 aliphatic rings. The number of hydrogen-bond acceptors (Lipinski definition) is 5. The second-order valence-corrected chi connectivity index (χ2v) is 6.98. The van der Waals surface area contributed by atoms with Gasteiger partial charge in [0.25, 0.3) is 11.8 Å². The Bertz CT molecular complexity index is 978. The average Bonchev–Trinajstić information content (AvgIpc) is 3.22. The lowest BCUT2D eigenvalue weighted by molar-refractivity contribution is -0.140. The van der Waals surface area contributed by atoms with Crippen molar-refractivity contribution < 1.29 is 23.8 Å². The summed E-state index contributed by atoms with van der Waals surface area (Å²) in [5, 5.41) is 17.6. The number of aliphatic hydroxyl groups excluding tert-OH is 1. The molecule has 2 aromatic carbocycles. The van der Waals surface area contributed by atoms with Crippen LogP contribution in [0.3, 0.4) is 0 Å². The predicted molar refractivity (Wildman–Crippen MR) is 100 cm³/mol. The van der Waals surface area contributed by atoms with Gasteiger partial charge in [-0.15, -0.1) is 0 Å². The molecule has 0 aromatic heterocycles. The first-order valence-electron chi connectivity index (χ1n) is 8.96. The molecule has 28 heavy (non-hydrogen) atoms. The molecule has 4 rings (SSSR count). The largest absolute Gasteiger partial charge is 0.394 e. The zero-order valence-electron chi connectivity index (χ0n) is 15.3. The molecule has 0 bridgehead atoms. The Balaban J connectivity index is 1.70. The van der Waals surface area contributed by atoms with E-state index in [-0.39, 0.29) is 30.0 Å². The maximum Gasteiger partial charge on any atom is 0.261 e. The van der Waals surface area contributed by atoms with Gasteiger partial charge in [-0.3, -0.25) is 9.59 Å². The molecule has 1 atom stereocenters. The zero-order valence-corrected chi connectivity index (χ0v) is 15.3. The highest BCUT2D eigenvalue weighted by Crippen LogP contribution is 2.41. The van der Waals surface area contributed by atoms with Crippen LogP contribution in [-0.4, -0.2) is 30.1 Å². The third-order valence-corrected chi connectivity index (χ3v) is 5.08. The highest BCUT2D eigenvalue weighted by molar-refractivity contribution is 6.13. The molecule has 0 saturated heterocycles. The van der Waals surface area contributed by atoms with Gasteiger partial charge in [0.05, 0.1) is 24.5 Å². The van der Waals surface area contributed by atoms with Crippen molar-refractivity contribution in [1.29, 1.82) is 0 Å². The molecule has 0 unspecified atom stereocenters. The summed E-state index contributed by atoms with van der Waals surface area (Å²) >= 11 is 0. The highest BCUT2D eigenvalue weighted by Gasteiger charge is 2.47. The SMILES string of the molecule is C[C@]1(OCCO)C(=O)Nc2cc(F)cc(C(=O)Nc3ccc4c(c3)CNC4)c21. The van der Waals surface area contributed by atoms with Crippen LogP contribution in [0.15, 0.2) is 30.3 Å². The number of benzene rings is 2. The van der Waals surface area contributed by atoms with Crippen LogP contribution in [0.25, 0.3) is 0 Å². The Morgan fingerprint density at radius 2 is 2.07 bits per heavy atom. The van der Waals surface area contributed by atoms with E-state index in [4.69, 9.17) is 9.84 Å². The maximum absolute atomic E-state index is 14.1. The fourth-order valence-corrected chi connectivity index (χ4v) is 3.71. The van der Waals surface area contributed by atoms with E-state index in [2.05, 4.69) is 16.0 Å². The highest BCUT2D eigenvalue weighted by atomic mass is 19.1. The zero-order chi connectivity index (χ0) is 19.9. The number of ether oxygens (including phenoxy) is 1. The Labute approximate surface area is 160 Å². The number of rotatable bonds is 5. The number of carbonyl (C=O) groups excluding carboxylic acids is 2. The molecular formula is C20H20FN3O4. The van der Waals surface area contributed by atoms with Gasteiger partial charge < -0.3 is 25.8 Å². The van der Waals surface area contributed by atoms with E-state index in [0.717, 1.165) is 30.8 Å². The van der Waals surface area contributed by atoms with Gasteiger partial charge >= 0.3 is 0 Å². The van der Waals surface area contributed by atoms with Crippen molar-refractivity contribution in [1.82, 2.24) is 5.32 Å². The molecule has 0 fully saturated rings. The van der Waals surface area contributed by atoms with Crippen molar-refractivity contribution in [2.75, 3.05) is 23.8 Å². The lowest BCUT2D eigenvalue weighted by atomic mass is 9.91. The topological polar surface area (TPSA) is 99.7 Å². The molecule has 0 saturated carbocycles. The summed E-state index contributed by atoms with van der Waals surface area (Å²) in [7, 11) is 0. The van der Waals surface area contributed by atoms with Gasteiger partial charge in [0, 0.05) is 24.3 Å². The van der Waals surface area contributed by atoms with E-state index in [1.54, 1.807) is 6.07 Å². The summed E-state index contributed by atoms with van der Waals surface area (Å²) in [6, 6.07) is 7.83. The number of carbonyl (C=O) groups is 2. The third-order valence-electron chi connectivity index (χ3n) is 5.08. The number of aliphatic hydroxyl groups is 1. The number of hydrogen-bond donors (Lipinski definition) is 4. The van der Waals surface area contributed by atoms with E-state index in [1.807, 2.05) is 12.1 Å². The summed E-state index contributed by atoms with van der Waals surface area (Å²) in [5.74, 6) is -1.70. The third kappa shape index (κ3) is 3.05. The monoisotopic (exact) mass is 385 g/mol. The summed E-state index contributed by atoms with van der Waals surface area (Å²) in [6.07, 6.45) is 0. The van der Waals surface area contributed by atoms with E-state index >= 15 is 0 Å². The molecule has 0 aliphatic carbocycles. The second-order valence-electron chi connectivity index (χ2n) is 6.98. The van der Waals surface area contributed by atoms with Crippen LogP contribution >= 0.6 is 0 Å². The molecule has 2 aliphatic heterocycles. The van der Waals surface area contributed by atoms with E-state index in [9.17, 15) is 14.0 Å². The molecule has 8 heteroatoms. The normalized spacial score (nSPS) is 19.9. The van der Waals surface area contributed by atoms with Crippen molar-refractivity contribution in [2.24, 2.45) is 0 Å². The van der Waals surface area contributed by atoms with Crippen LogP contribution in [0, 0.1) is 5.82 Å². The Hall–Kier alpha value is -2.81. The van der Waals surface area contributed by atoms with E-state index in [0.29, 0.717) is 5.69 Å². The van der Waals surface area contributed by atoms with E-state index < -0.39 is 23.2 Å². The van der Waals surface area contributed by atoms with Gasteiger partial charge in [-0.25, -0.2) is 4.39 Å². The van der Waals surface area contributed by atoms with Crippen molar-refractivity contribution in [3.8, 4) is 0 Å². The molecule has 4 N–H and O–H groups in total. The standard InChI is InChI=1S/C20H20FN3O4/c1-20(28-5-4-25)17-15(7-13(21)8-16(17)24-19(20)27)18(26)23-14-3-2-11-9-22-10-12(11)6-14/h2-3,6-8,22,25H,4-5,9-10H2,1H3,(H,23,26)(H,24,27)/t20-/m1/s1. The van der Waals surface area contributed by atoms with Crippen LogP contribution in [0.5, 0.6) is 0 Å². The Morgan fingerprint density at radius 1 is 1.29 bits per heavy atom. The van der Waals surface area contributed by atoms with Gasteiger partial charge in [0.1, 0.15) is 5.82 Å². The summed E-state index contributed by atoms with van der Waals surface area (Å²) in [5.41, 5.74) is 1.80. The maximum atomic E-state index is 14.1. The Morgan fingerprint density at radius 3 is 2.86 bits per heavy atom. The second kappa shape index (κ2) is 6.97. The summed E-state index contributed by atoms with van der Waals surface area (Å²) in [6.45, 7) is 2.62. The van der Waals surface area contributed by atoms with Crippen molar-refractivity contribution in [3.63, 3.8) is 0 Å². The quantitative estimate of drug-likeness (QED) is 0.630. The molecule has 2 heterocycles. The number of fused-ring (bicyclic) bond motifs is 2. The Kier molecular flexibility index (Phi) is 4.62. The number of anilines is 2. The fraction of sp³-hybridized carbons (Fsp3) is 0.300. The van der Waals surface area contributed by atoms with E-state index in [1.165, 1.54) is 12.5 Å². The lowest BCUT2D eigenvalue weighted by Gasteiger charge is -2.24. The van der Waals surface area contributed by atoms with Gasteiger partial charge in [0.15, 0.2) is 5.60 Å². The minimum atomic E-state index is -1.50. The minimum absolute atomic E-state index is 0.00686.